The molecule has 1 amide bonds. The summed E-state index contributed by atoms with van der Waals surface area (Å²) in [4.78, 5) is 21.0. The zero-order valence-electron chi connectivity index (χ0n) is 11.9. The molecule has 0 bridgehead atoms. The van der Waals surface area contributed by atoms with Crippen LogP contribution in [0.25, 0.3) is 11.3 Å². The molecule has 4 heterocycles. The summed E-state index contributed by atoms with van der Waals surface area (Å²) in [6.07, 6.45) is 7.32. The predicted octanol–water partition coefficient (Wildman–Crippen LogP) is 2.54. The third-order valence-corrected chi connectivity index (χ3v) is 3.43. The topological polar surface area (TPSA) is 63.7 Å². The maximum atomic E-state index is 12.3. The molecule has 0 unspecified atom stereocenters. The molecule has 108 valence electrons. The van der Waals surface area contributed by atoms with Crippen LogP contribution < -0.4 is 5.32 Å². The van der Waals surface area contributed by atoms with E-state index in [-0.39, 0.29) is 5.91 Å². The number of imidazole rings is 2. The quantitative estimate of drug-likeness (QED) is 0.617. The maximum Gasteiger partial charge on any atom is 0.275 e. The van der Waals surface area contributed by atoms with E-state index < -0.39 is 0 Å². The molecular weight excluding hydrogens is 278 g/mol. The summed E-state index contributed by atoms with van der Waals surface area (Å²) in [6.45, 7) is 1.93. The van der Waals surface area contributed by atoms with Crippen LogP contribution in [0.5, 0.6) is 0 Å². The third-order valence-electron chi connectivity index (χ3n) is 3.43. The summed E-state index contributed by atoms with van der Waals surface area (Å²) >= 11 is 0. The molecule has 0 aliphatic heterocycles. The number of aryl methyl sites for hydroxylation is 1. The second-order valence-electron chi connectivity index (χ2n) is 5.11. The van der Waals surface area contributed by atoms with Crippen molar-refractivity contribution >= 4 is 22.9 Å². The third kappa shape index (κ3) is 2.10. The molecule has 0 aliphatic rings. The number of amides is 1. The highest BCUT2D eigenvalue weighted by molar-refractivity contribution is 6.03. The Hall–Kier alpha value is -3.15. The van der Waals surface area contributed by atoms with Crippen LogP contribution in [0.15, 0.2) is 55.1 Å². The van der Waals surface area contributed by atoms with Crippen molar-refractivity contribution in [1.82, 2.24) is 18.8 Å². The predicted molar refractivity (Wildman–Crippen MR) is 83.1 cm³/mol. The minimum absolute atomic E-state index is 0.236. The zero-order valence-corrected chi connectivity index (χ0v) is 11.9. The summed E-state index contributed by atoms with van der Waals surface area (Å²) in [5.41, 5.74) is 3.61. The number of carbonyl (C=O) groups excluding carboxylic acids is 1. The Labute approximate surface area is 126 Å². The fourth-order valence-corrected chi connectivity index (χ4v) is 2.43. The van der Waals surface area contributed by atoms with E-state index in [0.29, 0.717) is 11.4 Å². The Morgan fingerprint density at radius 2 is 1.86 bits per heavy atom. The van der Waals surface area contributed by atoms with Crippen molar-refractivity contribution in [3.8, 4) is 0 Å². The Kier molecular flexibility index (Phi) is 2.69. The van der Waals surface area contributed by atoms with Gasteiger partial charge in [0.25, 0.3) is 5.91 Å². The number of fused-ring (bicyclic) bond motifs is 2. The number of hydrogen-bond donors (Lipinski definition) is 1. The van der Waals surface area contributed by atoms with Crippen LogP contribution in [0, 0.1) is 6.92 Å². The summed E-state index contributed by atoms with van der Waals surface area (Å²) in [5.74, 6) is -0.236. The van der Waals surface area contributed by atoms with E-state index in [4.69, 9.17) is 0 Å². The van der Waals surface area contributed by atoms with Crippen LogP contribution >= 0.6 is 0 Å². The molecule has 0 saturated carbocycles. The lowest BCUT2D eigenvalue weighted by Gasteiger charge is -2.03. The summed E-state index contributed by atoms with van der Waals surface area (Å²) in [6, 6.07) is 9.34. The Bertz CT molecular complexity index is 965. The number of carbonyl (C=O) groups is 1. The lowest BCUT2D eigenvalue weighted by molar-refractivity contribution is 0.102. The fourth-order valence-electron chi connectivity index (χ4n) is 2.43. The van der Waals surface area contributed by atoms with Crippen molar-refractivity contribution in [2.75, 3.05) is 5.32 Å². The normalized spacial score (nSPS) is 11.1. The van der Waals surface area contributed by atoms with Gasteiger partial charge in [-0.15, -0.1) is 0 Å². The first-order chi connectivity index (χ1) is 10.7. The van der Waals surface area contributed by atoms with Gasteiger partial charge in [-0.25, -0.2) is 9.97 Å². The lowest BCUT2D eigenvalue weighted by Crippen LogP contribution is -2.12. The molecule has 6 heteroatoms. The summed E-state index contributed by atoms with van der Waals surface area (Å²) in [7, 11) is 0. The molecule has 4 aromatic heterocycles. The first kappa shape index (κ1) is 12.6. The molecule has 6 nitrogen and oxygen atoms in total. The molecule has 4 aromatic rings. The number of pyridine rings is 2. The average molecular weight is 291 g/mol. The van der Waals surface area contributed by atoms with E-state index in [1.54, 1.807) is 6.20 Å². The van der Waals surface area contributed by atoms with Crippen molar-refractivity contribution < 1.29 is 4.79 Å². The number of nitrogens with zero attached hydrogens (tertiary/aromatic N) is 4. The van der Waals surface area contributed by atoms with E-state index in [9.17, 15) is 4.79 Å². The molecule has 0 fully saturated rings. The molecule has 0 radical (unpaired) electrons. The monoisotopic (exact) mass is 291 g/mol. The van der Waals surface area contributed by atoms with Crippen molar-refractivity contribution in [3.63, 3.8) is 0 Å². The smallest absolute Gasteiger partial charge is 0.275 e. The number of nitrogens with one attached hydrogen (secondary N) is 1. The molecule has 22 heavy (non-hydrogen) atoms. The van der Waals surface area contributed by atoms with Gasteiger partial charge in [0.1, 0.15) is 17.0 Å². The van der Waals surface area contributed by atoms with E-state index >= 15 is 0 Å². The molecule has 4 rings (SSSR count). The minimum Gasteiger partial charge on any atom is -0.319 e. The maximum absolute atomic E-state index is 12.3. The molecular formula is C16H13N5O. The van der Waals surface area contributed by atoms with Gasteiger partial charge in [-0.1, -0.05) is 6.07 Å². The van der Waals surface area contributed by atoms with Crippen LogP contribution in [0.2, 0.25) is 0 Å². The van der Waals surface area contributed by atoms with Gasteiger partial charge < -0.3 is 14.1 Å². The summed E-state index contributed by atoms with van der Waals surface area (Å²) < 4.78 is 3.70. The number of rotatable bonds is 2. The zero-order chi connectivity index (χ0) is 15.1. The fraction of sp³-hybridized carbons (Fsp3) is 0.0625. The van der Waals surface area contributed by atoms with Crippen LogP contribution in [-0.4, -0.2) is 24.7 Å². The highest BCUT2D eigenvalue weighted by Gasteiger charge is 2.11. The molecule has 0 atom stereocenters. The largest absolute Gasteiger partial charge is 0.319 e. The van der Waals surface area contributed by atoms with Gasteiger partial charge in [0, 0.05) is 24.8 Å². The summed E-state index contributed by atoms with van der Waals surface area (Å²) in [5, 5.41) is 2.86. The molecule has 1 N–H and O–H groups in total. The highest BCUT2D eigenvalue weighted by Crippen LogP contribution is 2.13. The standard InChI is InChI=1S/C16H13N5O/c1-11-8-21-9-12(5-6-15(21)17-11)18-16(22)13-10-20-7-3-2-4-14(20)19-13/h2-10H,1H3,(H,18,22). The second-order valence-corrected chi connectivity index (χ2v) is 5.11. The molecule has 0 aromatic carbocycles. The van der Waals surface area contributed by atoms with Crippen LogP contribution in [0.4, 0.5) is 5.69 Å². The molecule has 0 spiro atoms. The minimum atomic E-state index is -0.236. The SMILES string of the molecule is Cc1cn2cc(NC(=O)c3cn4ccccc4n3)ccc2n1. The van der Waals surface area contributed by atoms with Crippen molar-refractivity contribution in [2.45, 2.75) is 6.92 Å². The highest BCUT2D eigenvalue weighted by atomic mass is 16.1. The van der Waals surface area contributed by atoms with Gasteiger partial charge >= 0.3 is 0 Å². The van der Waals surface area contributed by atoms with Crippen LogP contribution in [0.1, 0.15) is 16.2 Å². The number of aromatic nitrogens is 4. The van der Waals surface area contributed by atoms with Crippen molar-refractivity contribution in [3.05, 3.63) is 66.5 Å². The van der Waals surface area contributed by atoms with Gasteiger partial charge in [-0.3, -0.25) is 4.79 Å². The lowest BCUT2D eigenvalue weighted by atomic mass is 10.3. The van der Waals surface area contributed by atoms with Gasteiger partial charge in [-0.2, -0.15) is 0 Å². The number of hydrogen-bond acceptors (Lipinski definition) is 3. The Morgan fingerprint density at radius 3 is 2.73 bits per heavy atom. The van der Waals surface area contributed by atoms with E-state index in [2.05, 4.69) is 15.3 Å². The first-order valence-corrected chi connectivity index (χ1v) is 6.89. The van der Waals surface area contributed by atoms with E-state index in [0.717, 1.165) is 17.0 Å². The Morgan fingerprint density at radius 1 is 1.00 bits per heavy atom. The van der Waals surface area contributed by atoms with Crippen LogP contribution in [0.3, 0.4) is 0 Å². The average Bonchev–Trinajstić information content (AvgIpc) is 3.08. The van der Waals surface area contributed by atoms with Gasteiger partial charge in [0.05, 0.1) is 11.4 Å². The van der Waals surface area contributed by atoms with E-state index in [1.807, 2.05) is 64.6 Å². The van der Waals surface area contributed by atoms with Crippen molar-refractivity contribution in [2.24, 2.45) is 0 Å². The Balaban J connectivity index is 1.64. The van der Waals surface area contributed by atoms with Gasteiger partial charge in [0.15, 0.2) is 0 Å². The van der Waals surface area contributed by atoms with E-state index in [1.165, 1.54) is 0 Å². The van der Waals surface area contributed by atoms with Crippen LogP contribution in [-0.2, 0) is 0 Å². The molecule has 0 saturated heterocycles. The van der Waals surface area contributed by atoms with Gasteiger partial charge in [-0.05, 0) is 31.2 Å². The number of anilines is 1. The van der Waals surface area contributed by atoms with Crippen molar-refractivity contribution in [1.29, 1.82) is 0 Å². The second kappa shape index (κ2) is 4.70. The molecule has 0 aliphatic carbocycles. The first-order valence-electron chi connectivity index (χ1n) is 6.89. The van der Waals surface area contributed by atoms with Gasteiger partial charge in [0.2, 0.25) is 0 Å².